The Balaban J connectivity index is 2.13. The van der Waals surface area contributed by atoms with Crippen molar-refractivity contribution in [3.8, 4) is 6.07 Å². The molecule has 1 N–H and O–H groups in total. The maximum Gasteiger partial charge on any atom is 0.252 e. The van der Waals surface area contributed by atoms with Gasteiger partial charge in [-0.15, -0.1) is 0 Å². The van der Waals surface area contributed by atoms with E-state index in [2.05, 4.69) is 11.4 Å². The van der Waals surface area contributed by atoms with Crippen LogP contribution in [0.15, 0.2) is 24.3 Å². The van der Waals surface area contributed by atoms with E-state index in [-0.39, 0.29) is 5.91 Å². The van der Waals surface area contributed by atoms with Crippen molar-refractivity contribution in [1.29, 1.82) is 5.26 Å². The van der Waals surface area contributed by atoms with Crippen LogP contribution in [0.3, 0.4) is 0 Å². The normalized spacial score (nSPS) is 17.8. The number of nitriles is 1. The molecule has 0 bridgehead atoms. The Morgan fingerprint density at radius 2 is 2.17 bits per heavy atom. The van der Waals surface area contributed by atoms with Crippen LogP contribution in [0.5, 0.6) is 0 Å². The van der Waals surface area contributed by atoms with Crippen LogP contribution in [0.25, 0.3) is 0 Å². The van der Waals surface area contributed by atoms with Crippen LogP contribution in [0.1, 0.15) is 28.8 Å². The van der Waals surface area contributed by atoms with Gasteiger partial charge in [0.2, 0.25) is 0 Å². The Labute approximate surface area is 107 Å². The minimum Gasteiger partial charge on any atom is -0.381 e. The molecule has 1 heterocycles. The number of carbonyl (C=O) groups excluding carboxylic acids is 1. The minimum absolute atomic E-state index is 0.192. The highest BCUT2D eigenvalue weighted by molar-refractivity contribution is 5.95. The van der Waals surface area contributed by atoms with Gasteiger partial charge in [-0.1, -0.05) is 17.7 Å². The summed E-state index contributed by atoms with van der Waals surface area (Å²) >= 11 is 0. The predicted octanol–water partition coefficient (Wildman–Crippen LogP) is 1.80. The summed E-state index contributed by atoms with van der Waals surface area (Å²) in [5, 5.41) is 12.1. The van der Waals surface area contributed by atoms with Gasteiger partial charge in [-0.3, -0.25) is 4.79 Å². The SMILES string of the molecule is Cc1cccc(C(=O)NC2(C#N)CCOCC2)c1. The highest BCUT2D eigenvalue weighted by Crippen LogP contribution is 2.20. The quantitative estimate of drug-likeness (QED) is 0.862. The Morgan fingerprint density at radius 1 is 1.44 bits per heavy atom. The molecule has 94 valence electrons. The van der Waals surface area contributed by atoms with Gasteiger partial charge in [0.25, 0.3) is 5.91 Å². The summed E-state index contributed by atoms with van der Waals surface area (Å²) in [6.07, 6.45) is 1.09. The van der Waals surface area contributed by atoms with Gasteiger partial charge in [-0.05, 0) is 19.1 Å². The third kappa shape index (κ3) is 2.69. The third-order valence-corrected chi connectivity index (χ3v) is 3.19. The maximum atomic E-state index is 12.1. The smallest absolute Gasteiger partial charge is 0.252 e. The molecule has 0 saturated carbocycles. The van der Waals surface area contributed by atoms with Gasteiger partial charge in [0.05, 0.1) is 6.07 Å². The number of nitrogens with one attached hydrogen (secondary N) is 1. The largest absolute Gasteiger partial charge is 0.381 e. The number of hydrogen-bond acceptors (Lipinski definition) is 3. The topological polar surface area (TPSA) is 62.1 Å². The molecule has 0 aliphatic carbocycles. The number of nitrogens with zero attached hydrogens (tertiary/aromatic N) is 1. The van der Waals surface area contributed by atoms with E-state index >= 15 is 0 Å². The number of rotatable bonds is 2. The summed E-state index contributed by atoms with van der Waals surface area (Å²) in [7, 11) is 0. The van der Waals surface area contributed by atoms with Crippen molar-refractivity contribution < 1.29 is 9.53 Å². The molecule has 18 heavy (non-hydrogen) atoms. The molecule has 1 saturated heterocycles. The zero-order valence-corrected chi connectivity index (χ0v) is 10.4. The fraction of sp³-hybridized carbons (Fsp3) is 0.429. The predicted molar refractivity (Wildman–Crippen MR) is 67.0 cm³/mol. The lowest BCUT2D eigenvalue weighted by Gasteiger charge is -2.31. The van der Waals surface area contributed by atoms with Crippen molar-refractivity contribution in [3.05, 3.63) is 35.4 Å². The first-order chi connectivity index (χ1) is 8.65. The lowest BCUT2D eigenvalue weighted by molar-refractivity contribution is 0.0531. The van der Waals surface area contributed by atoms with Crippen molar-refractivity contribution in [3.63, 3.8) is 0 Å². The van der Waals surface area contributed by atoms with Gasteiger partial charge in [0.15, 0.2) is 0 Å². The van der Waals surface area contributed by atoms with E-state index in [1.165, 1.54) is 0 Å². The van der Waals surface area contributed by atoms with Crippen LogP contribution < -0.4 is 5.32 Å². The first-order valence-corrected chi connectivity index (χ1v) is 6.03. The summed E-state index contributed by atoms with van der Waals surface area (Å²) in [5.74, 6) is -0.192. The van der Waals surface area contributed by atoms with Crippen LogP contribution in [0.4, 0.5) is 0 Å². The van der Waals surface area contributed by atoms with Crippen LogP contribution in [-0.2, 0) is 4.74 Å². The van der Waals surface area contributed by atoms with E-state index < -0.39 is 5.54 Å². The van der Waals surface area contributed by atoms with Crippen molar-refractivity contribution in [1.82, 2.24) is 5.32 Å². The summed E-state index contributed by atoms with van der Waals surface area (Å²) in [5.41, 5.74) is 0.843. The van der Waals surface area contributed by atoms with E-state index in [1.54, 1.807) is 6.07 Å². The highest BCUT2D eigenvalue weighted by Gasteiger charge is 2.34. The number of carbonyl (C=O) groups is 1. The van der Waals surface area contributed by atoms with Crippen molar-refractivity contribution in [2.45, 2.75) is 25.3 Å². The average molecular weight is 244 g/mol. The second kappa shape index (κ2) is 5.19. The second-order valence-corrected chi connectivity index (χ2v) is 4.63. The van der Waals surface area contributed by atoms with Gasteiger partial charge >= 0.3 is 0 Å². The molecule has 4 nitrogen and oxygen atoms in total. The van der Waals surface area contributed by atoms with Crippen LogP contribution in [0, 0.1) is 18.3 Å². The highest BCUT2D eigenvalue weighted by atomic mass is 16.5. The van der Waals surface area contributed by atoms with E-state index in [1.807, 2.05) is 25.1 Å². The van der Waals surface area contributed by atoms with Crippen molar-refractivity contribution >= 4 is 5.91 Å². The van der Waals surface area contributed by atoms with Crippen molar-refractivity contribution in [2.24, 2.45) is 0 Å². The summed E-state index contributed by atoms with van der Waals surface area (Å²) in [4.78, 5) is 12.1. The van der Waals surface area contributed by atoms with Gasteiger partial charge in [-0.2, -0.15) is 5.26 Å². The lowest BCUT2D eigenvalue weighted by atomic mass is 9.91. The first kappa shape index (κ1) is 12.6. The first-order valence-electron chi connectivity index (χ1n) is 6.03. The Kier molecular flexibility index (Phi) is 3.63. The summed E-state index contributed by atoms with van der Waals surface area (Å²) in [6.45, 7) is 2.97. The second-order valence-electron chi connectivity index (χ2n) is 4.63. The Bertz CT molecular complexity index is 485. The van der Waals surface area contributed by atoms with E-state index in [4.69, 9.17) is 4.74 Å². The van der Waals surface area contributed by atoms with Gasteiger partial charge in [0.1, 0.15) is 5.54 Å². The lowest BCUT2D eigenvalue weighted by Crippen LogP contribution is -2.50. The summed E-state index contributed by atoms with van der Waals surface area (Å²) in [6, 6.07) is 9.57. The molecule has 4 heteroatoms. The van der Waals surface area contributed by atoms with Crippen LogP contribution >= 0.6 is 0 Å². The molecule has 0 atom stereocenters. The minimum atomic E-state index is -0.779. The average Bonchev–Trinajstić information content (AvgIpc) is 2.40. The summed E-state index contributed by atoms with van der Waals surface area (Å²) < 4.78 is 5.23. The molecular formula is C14H16N2O2. The van der Waals surface area contributed by atoms with Gasteiger partial charge in [-0.25, -0.2) is 0 Å². The molecule has 1 aliphatic heterocycles. The van der Waals surface area contributed by atoms with E-state index in [0.29, 0.717) is 31.6 Å². The van der Waals surface area contributed by atoms with Gasteiger partial charge in [0, 0.05) is 31.6 Å². The van der Waals surface area contributed by atoms with Crippen molar-refractivity contribution in [2.75, 3.05) is 13.2 Å². The van der Waals surface area contributed by atoms with Crippen LogP contribution in [-0.4, -0.2) is 24.7 Å². The molecule has 0 unspecified atom stereocenters. The molecular weight excluding hydrogens is 228 g/mol. The van der Waals surface area contributed by atoms with Crippen LogP contribution in [0.2, 0.25) is 0 Å². The molecule has 0 spiro atoms. The molecule has 1 amide bonds. The molecule has 1 aromatic rings. The zero-order valence-electron chi connectivity index (χ0n) is 10.4. The number of aryl methyl sites for hydroxylation is 1. The maximum absolute atomic E-state index is 12.1. The standard InChI is InChI=1S/C14H16N2O2/c1-11-3-2-4-12(9-11)13(17)16-14(10-15)5-7-18-8-6-14/h2-4,9H,5-8H2,1H3,(H,16,17). The number of ether oxygens (including phenoxy) is 1. The third-order valence-electron chi connectivity index (χ3n) is 3.19. The molecule has 0 radical (unpaired) electrons. The van der Waals surface area contributed by atoms with E-state index in [0.717, 1.165) is 5.56 Å². The fourth-order valence-corrected chi connectivity index (χ4v) is 2.06. The molecule has 1 aromatic carbocycles. The van der Waals surface area contributed by atoms with Gasteiger partial charge < -0.3 is 10.1 Å². The molecule has 2 rings (SSSR count). The number of hydrogen-bond donors (Lipinski definition) is 1. The van der Waals surface area contributed by atoms with E-state index in [9.17, 15) is 10.1 Å². The molecule has 0 aromatic heterocycles. The monoisotopic (exact) mass is 244 g/mol. The molecule has 1 fully saturated rings. The Hall–Kier alpha value is -1.86. The number of amides is 1. The Morgan fingerprint density at radius 3 is 2.78 bits per heavy atom. The fourth-order valence-electron chi connectivity index (χ4n) is 2.06. The zero-order chi connectivity index (χ0) is 13.0. The molecule has 1 aliphatic rings. The number of benzene rings is 1.